The average molecular weight is 268 g/mol. The molecule has 106 valence electrons. The van der Waals surface area contributed by atoms with Crippen molar-refractivity contribution in [2.75, 3.05) is 24.5 Å². The number of anilines is 1. The van der Waals surface area contributed by atoms with Gasteiger partial charge < -0.3 is 10.2 Å². The van der Waals surface area contributed by atoms with E-state index in [9.17, 15) is 8.78 Å². The molecule has 1 N–H and O–H groups in total. The number of rotatable bonds is 2. The molecule has 0 spiro atoms. The van der Waals surface area contributed by atoms with Crippen LogP contribution in [0.2, 0.25) is 0 Å². The number of nitrogens with zero attached hydrogens (tertiary/aromatic N) is 1. The highest BCUT2D eigenvalue weighted by Gasteiger charge is 2.18. The Morgan fingerprint density at radius 1 is 1.32 bits per heavy atom. The smallest absolute Gasteiger partial charge is 0.160 e. The zero-order valence-electron chi connectivity index (χ0n) is 11.6. The average Bonchev–Trinajstić information content (AvgIpc) is 2.38. The van der Waals surface area contributed by atoms with Crippen LogP contribution in [0.1, 0.15) is 26.7 Å². The SMILES string of the molecule is CCC1CCN(c2ccc(F)c(F)c2)CC(C)CN1. The maximum atomic E-state index is 13.3. The molecular formula is C15H22F2N2. The molecule has 0 bridgehead atoms. The van der Waals surface area contributed by atoms with Gasteiger partial charge in [-0.1, -0.05) is 13.8 Å². The molecule has 1 heterocycles. The third-order valence-corrected chi connectivity index (χ3v) is 3.80. The van der Waals surface area contributed by atoms with Crippen LogP contribution in [0, 0.1) is 17.6 Å². The summed E-state index contributed by atoms with van der Waals surface area (Å²) in [6.07, 6.45) is 2.13. The second-order valence-corrected chi connectivity index (χ2v) is 5.45. The maximum absolute atomic E-state index is 13.3. The minimum Gasteiger partial charge on any atom is -0.371 e. The van der Waals surface area contributed by atoms with Crippen molar-refractivity contribution < 1.29 is 8.78 Å². The molecule has 0 aromatic heterocycles. The summed E-state index contributed by atoms with van der Waals surface area (Å²) in [5, 5.41) is 3.55. The van der Waals surface area contributed by atoms with E-state index in [1.807, 2.05) is 0 Å². The fraction of sp³-hybridized carbons (Fsp3) is 0.600. The van der Waals surface area contributed by atoms with Crippen LogP contribution >= 0.6 is 0 Å². The van der Waals surface area contributed by atoms with Gasteiger partial charge in [-0.15, -0.1) is 0 Å². The summed E-state index contributed by atoms with van der Waals surface area (Å²) in [7, 11) is 0. The van der Waals surface area contributed by atoms with E-state index in [0.717, 1.165) is 38.2 Å². The zero-order chi connectivity index (χ0) is 13.8. The van der Waals surface area contributed by atoms with Crippen LogP contribution in [0.5, 0.6) is 0 Å². The van der Waals surface area contributed by atoms with E-state index in [1.165, 1.54) is 12.1 Å². The fourth-order valence-corrected chi connectivity index (χ4v) is 2.58. The molecule has 2 unspecified atom stereocenters. The van der Waals surface area contributed by atoms with Crippen LogP contribution in [-0.2, 0) is 0 Å². The van der Waals surface area contributed by atoms with E-state index >= 15 is 0 Å². The van der Waals surface area contributed by atoms with Crippen LogP contribution in [0.15, 0.2) is 18.2 Å². The van der Waals surface area contributed by atoms with Gasteiger partial charge in [0.2, 0.25) is 0 Å². The highest BCUT2D eigenvalue weighted by molar-refractivity contribution is 5.46. The summed E-state index contributed by atoms with van der Waals surface area (Å²) in [6.45, 7) is 7.07. The summed E-state index contributed by atoms with van der Waals surface area (Å²) in [5.74, 6) is -1.06. The Labute approximate surface area is 113 Å². The number of nitrogens with one attached hydrogen (secondary N) is 1. The fourth-order valence-electron chi connectivity index (χ4n) is 2.58. The summed E-state index contributed by atoms with van der Waals surface area (Å²) < 4.78 is 26.3. The lowest BCUT2D eigenvalue weighted by Gasteiger charge is -2.33. The molecule has 1 saturated heterocycles. The predicted molar refractivity (Wildman–Crippen MR) is 74.4 cm³/mol. The molecule has 0 amide bonds. The molecule has 2 nitrogen and oxygen atoms in total. The molecule has 0 saturated carbocycles. The van der Waals surface area contributed by atoms with E-state index in [-0.39, 0.29) is 0 Å². The number of benzene rings is 1. The second-order valence-electron chi connectivity index (χ2n) is 5.45. The first-order valence-electron chi connectivity index (χ1n) is 7.03. The molecule has 2 atom stereocenters. The molecule has 1 aromatic rings. The van der Waals surface area contributed by atoms with Crippen molar-refractivity contribution in [1.29, 1.82) is 0 Å². The minimum absolute atomic E-state index is 0.488. The topological polar surface area (TPSA) is 15.3 Å². The molecule has 1 aromatic carbocycles. The van der Waals surface area contributed by atoms with Crippen molar-refractivity contribution in [3.05, 3.63) is 29.8 Å². The van der Waals surface area contributed by atoms with E-state index in [1.54, 1.807) is 6.07 Å². The third kappa shape index (κ3) is 3.66. The van der Waals surface area contributed by atoms with Crippen LogP contribution in [0.3, 0.4) is 0 Å². The van der Waals surface area contributed by atoms with Crippen LogP contribution in [-0.4, -0.2) is 25.7 Å². The molecule has 1 aliphatic heterocycles. The van der Waals surface area contributed by atoms with Crippen molar-refractivity contribution >= 4 is 5.69 Å². The Morgan fingerprint density at radius 3 is 2.79 bits per heavy atom. The van der Waals surface area contributed by atoms with Gasteiger partial charge in [0.25, 0.3) is 0 Å². The first-order chi connectivity index (χ1) is 9.10. The van der Waals surface area contributed by atoms with Crippen molar-refractivity contribution in [2.45, 2.75) is 32.7 Å². The normalized spacial score (nSPS) is 24.9. The predicted octanol–water partition coefficient (Wildman–Crippen LogP) is 3.18. The first-order valence-corrected chi connectivity index (χ1v) is 7.03. The van der Waals surface area contributed by atoms with Gasteiger partial charge in [0.15, 0.2) is 11.6 Å². The number of hydrogen-bond donors (Lipinski definition) is 1. The monoisotopic (exact) mass is 268 g/mol. The maximum Gasteiger partial charge on any atom is 0.160 e. The Balaban J connectivity index is 2.14. The summed E-state index contributed by atoms with van der Waals surface area (Å²) in [5.41, 5.74) is 0.780. The molecule has 0 aliphatic carbocycles. The molecule has 4 heteroatoms. The quantitative estimate of drug-likeness (QED) is 0.886. The lowest BCUT2D eigenvalue weighted by Crippen LogP contribution is -2.43. The van der Waals surface area contributed by atoms with E-state index in [2.05, 4.69) is 24.1 Å². The summed E-state index contributed by atoms with van der Waals surface area (Å²) in [6, 6.07) is 4.69. The molecule has 1 fully saturated rings. The Hall–Kier alpha value is -1.16. The van der Waals surface area contributed by atoms with Gasteiger partial charge in [0.1, 0.15) is 0 Å². The third-order valence-electron chi connectivity index (χ3n) is 3.80. The van der Waals surface area contributed by atoms with Crippen LogP contribution in [0.25, 0.3) is 0 Å². The summed E-state index contributed by atoms with van der Waals surface area (Å²) >= 11 is 0. The standard InChI is InChI=1S/C15H22F2N2/c1-3-12-6-7-19(10-11(2)9-18-12)13-4-5-14(16)15(17)8-13/h4-5,8,11-12,18H,3,6-7,9-10H2,1-2H3. The molecule has 19 heavy (non-hydrogen) atoms. The van der Waals surface area contributed by atoms with Crippen LogP contribution < -0.4 is 10.2 Å². The molecular weight excluding hydrogens is 246 g/mol. The Morgan fingerprint density at radius 2 is 2.11 bits per heavy atom. The van der Waals surface area contributed by atoms with Crippen molar-refractivity contribution in [1.82, 2.24) is 5.32 Å². The molecule has 0 radical (unpaired) electrons. The highest BCUT2D eigenvalue weighted by Crippen LogP contribution is 2.21. The molecule has 2 rings (SSSR count). The Kier molecular flexibility index (Phi) is 4.75. The first kappa shape index (κ1) is 14.3. The lowest BCUT2D eigenvalue weighted by molar-refractivity contribution is 0.387. The van der Waals surface area contributed by atoms with Gasteiger partial charge in [-0.25, -0.2) is 8.78 Å². The van der Waals surface area contributed by atoms with Gasteiger partial charge >= 0.3 is 0 Å². The van der Waals surface area contributed by atoms with E-state index in [4.69, 9.17) is 0 Å². The highest BCUT2D eigenvalue weighted by atomic mass is 19.2. The Bertz CT molecular complexity index is 423. The van der Waals surface area contributed by atoms with Crippen molar-refractivity contribution in [2.24, 2.45) is 5.92 Å². The number of hydrogen-bond acceptors (Lipinski definition) is 2. The second kappa shape index (κ2) is 6.33. The minimum atomic E-state index is -0.781. The van der Waals surface area contributed by atoms with Gasteiger partial charge in [-0.2, -0.15) is 0 Å². The van der Waals surface area contributed by atoms with Crippen molar-refractivity contribution in [3.8, 4) is 0 Å². The number of halogens is 2. The van der Waals surface area contributed by atoms with Crippen molar-refractivity contribution in [3.63, 3.8) is 0 Å². The van der Waals surface area contributed by atoms with Gasteiger partial charge in [-0.3, -0.25) is 0 Å². The van der Waals surface area contributed by atoms with Gasteiger partial charge in [0.05, 0.1) is 0 Å². The lowest BCUT2D eigenvalue weighted by atomic mass is 10.0. The largest absolute Gasteiger partial charge is 0.371 e. The molecule has 1 aliphatic rings. The van der Waals surface area contributed by atoms with Gasteiger partial charge in [-0.05, 0) is 37.4 Å². The zero-order valence-corrected chi connectivity index (χ0v) is 11.6. The van der Waals surface area contributed by atoms with E-state index in [0.29, 0.717) is 12.0 Å². The summed E-state index contributed by atoms with van der Waals surface area (Å²) in [4.78, 5) is 2.16. The van der Waals surface area contributed by atoms with Gasteiger partial charge in [0, 0.05) is 30.9 Å². The van der Waals surface area contributed by atoms with E-state index < -0.39 is 11.6 Å². The van der Waals surface area contributed by atoms with Crippen LogP contribution in [0.4, 0.5) is 14.5 Å².